The molecular formula is C11H13N5O2. The highest BCUT2D eigenvalue weighted by atomic mass is 16.5. The van der Waals surface area contributed by atoms with Gasteiger partial charge in [0.05, 0.1) is 0 Å². The van der Waals surface area contributed by atoms with Crippen LogP contribution in [0.3, 0.4) is 0 Å². The number of aromatic amines is 1. The summed E-state index contributed by atoms with van der Waals surface area (Å²) in [6, 6.07) is 7.15. The molecule has 0 saturated heterocycles. The minimum atomic E-state index is -0.484. The average molecular weight is 247 g/mol. The van der Waals surface area contributed by atoms with Crippen LogP contribution < -0.4 is 5.32 Å². The summed E-state index contributed by atoms with van der Waals surface area (Å²) in [4.78, 5) is 11.6. The first-order valence-corrected chi connectivity index (χ1v) is 5.38. The topological polar surface area (TPSA) is 92.8 Å². The Hall–Kier alpha value is -2.28. The average Bonchev–Trinajstić information content (AvgIpc) is 2.92. The highest BCUT2D eigenvalue weighted by Crippen LogP contribution is 2.16. The summed E-state index contributed by atoms with van der Waals surface area (Å²) in [5.41, 5.74) is 1.51. The number of aromatic nitrogens is 4. The van der Waals surface area contributed by atoms with Gasteiger partial charge in [-0.2, -0.15) is 5.21 Å². The molecule has 0 aliphatic rings. The lowest BCUT2D eigenvalue weighted by molar-refractivity contribution is -0.124. The number of hydrogen-bond acceptors (Lipinski definition) is 5. The molecule has 1 heterocycles. The first-order chi connectivity index (χ1) is 8.70. The summed E-state index contributed by atoms with van der Waals surface area (Å²) >= 11 is 0. The molecule has 1 amide bonds. The summed E-state index contributed by atoms with van der Waals surface area (Å²) in [5.74, 6) is 0.322. The van der Waals surface area contributed by atoms with E-state index in [2.05, 4.69) is 25.9 Å². The van der Waals surface area contributed by atoms with Crippen molar-refractivity contribution < 1.29 is 9.53 Å². The van der Waals surface area contributed by atoms with Crippen molar-refractivity contribution in [3.05, 3.63) is 24.3 Å². The molecule has 2 N–H and O–H groups in total. The van der Waals surface area contributed by atoms with E-state index in [9.17, 15) is 4.79 Å². The van der Waals surface area contributed by atoms with Crippen LogP contribution >= 0.6 is 0 Å². The summed E-state index contributed by atoms with van der Waals surface area (Å²) in [6.45, 7) is 1.68. The highest BCUT2D eigenvalue weighted by molar-refractivity contribution is 5.94. The number of carbonyl (C=O) groups is 1. The van der Waals surface area contributed by atoms with Crippen molar-refractivity contribution in [1.29, 1.82) is 0 Å². The number of methoxy groups -OCH3 is 1. The van der Waals surface area contributed by atoms with E-state index in [0.717, 1.165) is 5.56 Å². The zero-order valence-corrected chi connectivity index (χ0v) is 10.0. The van der Waals surface area contributed by atoms with Gasteiger partial charge in [-0.25, -0.2) is 0 Å². The molecule has 0 aliphatic carbocycles. The molecule has 1 aromatic heterocycles. The Morgan fingerprint density at radius 1 is 1.39 bits per heavy atom. The molecule has 0 bridgehead atoms. The number of carbonyl (C=O) groups excluding carboxylic acids is 1. The van der Waals surface area contributed by atoms with Crippen molar-refractivity contribution in [2.75, 3.05) is 12.4 Å². The van der Waals surface area contributed by atoms with Crippen molar-refractivity contribution in [3.8, 4) is 11.4 Å². The van der Waals surface area contributed by atoms with Crippen LogP contribution in [0.2, 0.25) is 0 Å². The van der Waals surface area contributed by atoms with E-state index in [4.69, 9.17) is 4.74 Å². The number of amides is 1. The minimum absolute atomic E-state index is 0.190. The monoisotopic (exact) mass is 247 g/mol. The summed E-state index contributed by atoms with van der Waals surface area (Å²) in [7, 11) is 1.49. The molecule has 0 spiro atoms. The lowest BCUT2D eigenvalue weighted by Crippen LogP contribution is -2.26. The predicted octanol–water partition coefficient (Wildman–Crippen LogP) is 0.840. The van der Waals surface area contributed by atoms with E-state index in [-0.39, 0.29) is 5.91 Å². The molecule has 7 nitrogen and oxygen atoms in total. The Labute approximate surface area is 104 Å². The Morgan fingerprint density at radius 3 is 2.67 bits per heavy atom. The van der Waals surface area contributed by atoms with Crippen molar-refractivity contribution in [3.63, 3.8) is 0 Å². The number of ether oxygens (including phenoxy) is 1. The van der Waals surface area contributed by atoms with E-state index in [0.29, 0.717) is 11.5 Å². The molecule has 0 fully saturated rings. The lowest BCUT2D eigenvalue weighted by atomic mass is 10.2. The fraction of sp³-hybridized carbons (Fsp3) is 0.273. The third-order valence-electron chi connectivity index (χ3n) is 2.48. The van der Waals surface area contributed by atoms with E-state index in [1.165, 1.54) is 7.11 Å². The number of anilines is 1. The van der Waals surface area contributed by atoms with Crippen LogP contribution in [0.5, 0.6) is 0 Å². The molecule has 0 saturated carbocycles. The molecular weight excluding hydrogens is 234 g/mol. The number of H-pyrrole nitrogens is 1. The standard InChI is InChI=1S/C11H13N5O2/c1-7(18-2)11(17)12-9-5-3-8(4-6-9)10-13-15-16-14-10/h3-7H,1-2H3,(H,12,17)(H,13,14,15,16). The molecule has 1 unspecified atom stereocenters. The van der Waals surface area contributed by atoms with E-state index in [1.807, 2.05) is 0 Å². The molecule has 94 valence electrons. The van der Waals surface area contributed by atoms with Gasteiger partial charge >= 0.3 is 0 Å². The SMILES string of the molecule is COC(C)C(=O)Nc1ccc(-c2nn[nH]n2)cc1. The second kappa shape index (κ2) is 5.37. The molecule has 0 radical (unpaired) electrons. The van der Waals surface area contributed by atoms with Gasteiger partial charge in [0.2, 0.25) is 5.82 Å². The third kappa shape index (κ3) is 2.69. The van der Waals surface area contributed by atoms with Crippen molar-refractivity contribution in [1.82, 2.24) is 20.6 Å². The number of rotatable bonds is 4. The second-order valence-corrected chi connectivity index (χ2v) is 3.68. The zero-order chi connectivity index (χ0) is 13.0. The number of benzene rings is 1. The van der Waals surface area contributed by atoms with Crippen LogP contribution in [0.25, 0.3) is 11.4 Å². The number of tetrazole rings is 1. The van der Waals surface area contributed by atoms with E-state index < -0.39 is 6.10 Å². The van der Waals surface area contributed by atoms with Gasteiger partial charge in [0, 0.05) is 18.4 Å². The van der Waals surface area contributed by atoms with Crippen molar-refractivity contribution in [2.24, 2.45) is 0 Å². The number of nitrogens with one attached hydrogen (secondary N) is 2. The zero-order valence-electron chi connectivity index (χ0n) is 10.0. The van der Waals surface area contributed by atoms with E-state index in [1.54, 1.807) is 31.2 Å². The van der Waals surface area contributed by atoms with Gasteiger partial charge in [-0.15, -0.1) is 10.2 Å². The molecule has 2 aromatic rings. The maximum absolute atomic E-state index is 11.6. The quantitative estimate of drug-likeness (QED) is 0.835. The van der Waals surface area contributed by atoms with Gasteiger partial charge in [0.25, 0.3) is 5.91 Å². The first kappa shape index (κ1) is 12.2. The molecule has 0 aliphatic heterocycles. The van der Waals surface area contributed by atoms with Crippen LogP contribution in [0.15, 0.2) is 24.3 Å². The molecule has 1 atom stereocenters. The lowest BCUT2D eigenvalue weighted by Gasteiger charge is -2.10. The maximum atomic E-state index is 11.6. The van der Waals surface area contributed by atoms with Crippen LogP contribution in [0.1, 0.15) is 6.92 Å². The molecule has 2 rings (SSSR count). The summed E-state index contributed by atoms with van der Waals surface area (Å²) in [6.07, 6.45) is -0.484. The van der Waals surface area contributed by atoms with Crippen LogP contribution in [-0.2, 0) is 9.53 Å². The Balaban J connectivity index is 2.06. The van der Waals surface area contributed by atoms with Crippen LogP contribution in [0, 0.1) is 0 Å². The normalized spacial score (nSPS) is 12.1. The van der Waals surface area contributed by atoms with Crippen LogP contribution in [-0.4, -0.2) is 39.7 Å². The Bertz CT molecular complexity index is 509. The molecule has 7 heteroatoms. The van der Waals surface area contributed by atoms with Crippen molar-refractivity contribution in [2.45, 2.75) is 13.0 Å². The minimum Gasteiger partial charge on any atom is -0.372 e. The van der Waals surface area contributed by atoms with Gasteiger partial charge in [-0.05, 0) is 36.4 Å². The van der Waals surface area contributed by atoms with Gasteiger partial charge in [0.1, 0.15) is 6.10 Å². The molecule has 18 heavy (non-hydrogen) atoms. The fourth-order valence-corrected chi connectivity index (χ4v) is 1.34. The van der Waals surface area contributed by atoms with Crippen LogP contribution in [0.4, 0.5) is 5.69 Å². The first-order valence-electron chi connectivity index (χ1n) is 5.38. The summed E-state index contributed by atoms with van der Waals surface area (Å²) in [5, 5.41) is 16.3. The van der Waals surface area contributed by atoms with E-state index >= 15 is 0 Å². The van der Waals surface area contributed by atoms with Gasteiger partial charge in [-0.1, -0.05) is 0 Å². The highest BCUT2D eigenvalue weighted by Gasteiger charge is 2.11. The largest absolute Gasteiger partial charge is 0.372 e. The smallest absolute Gasteiger partial charge is 0.253 e. The number of hydrogen-bond donors (Lipinski definition) is 2. The Kier molecular flexibility index (Phi) is 3.63. The second-order valence-electron chi connectivity index (χ2n) is 3.68. The number of nitrogens with zero attached hydrogens (tertiary/aromatic N) is 3. The maximum Gasteiger partial charge on any atom is 0.253 e. The predicted molar refractivity (Wildman–Crippen MR) is 64.7 cm³/mol. The fourth-order valence-electron chi connectivity index (χ4n) is 1.34. The summed E-state index contributed by atoms with van der Waals surface area (Å²) < 4.78 is 4.92. The van der Waals surface area contributed by atoms with Gasteiger partial charge in [0.15, 0.2) is 0 Å². The third-order valence-corrected chi connectivity index (χ3v) is 2.48. The van der Waals surface area contributed by atoms with Gasteiger partial charge in [-0.3, -0.25) is 4.79 Å². The van der Waals surface area contributed by atoms with Gasteiger partial charge < -0.3 is 10.1 Å². The Morgan fingerprint density at radius 2 is 2.11 bits per heavy atom. The molecule has 1 aromatic carbocycles. The van der Waals surface area contributed by atoms with Crippen molar-refractivity contribution >= 4 is 11.6 Å².